The van der Waals surface area contributed by atoms with Crippen molar-refractivity contribution < 1.29 is 40.6 Å². The van der Waals surface area contributed by atoms with E-state index in [1.54, 1.807) is 13.0 Å². The third kappa shape index (κ3) is 7.83. The summed E-state index contributed by atoms with van der Waals surface area (Å²) in [5, 5.41) is 9.18. The van der Waals surface area contributed by atoms with Crippen LogP contribution in [0, 0.1) is 18.7 Å². The summed E-state index contributed by atoms with van der Waals surface area (Å²) in [6.07, 6.45) is -9.03. The normalized spacial score (nSPS) is 18.7. The molecule has 2 aromatic rings. The van der Waals surface area contributed by atoms with Gasteiger partial charge in [-0.2, -0.15) is 26.3 Å². The molecule has 2 atom stereocenters. The Morgan fingerprint density at radius 2 is 1.66 bits per heavy atom. The van der Waals surface area contributed by atoms with E-state index in [4.69, 9.17) is 0 Å². The zero-order chi connectivity index (χ0) is 27.5. The molecule has 3 rings (SSSR count). The summed E-state index contributed by atoms with van der Waals surface area (Å²) in [4.78, 5) is 16.7. The van der Waals surface area contributed by atoms with Crippen molar-refractivity contribution in [3.05, 3.63) is 70.0 Å². The van der Waals surface area contributed by atoms with Crippen LogP contribution >= 0.6 is 12.4 Å². The first-order valence-corrected chi connectivity index (χ1v) is 11.8. The van der Waals surface area contributed by atoms with Crippen LogP contribution in [0.25, 0.3) is 0 Å². The van der Waals surface area contributed by atoms with E-state index in [1.165, 1.54) is 19.2 Å². The second-order valence-electron chi connectivity index (χ2n) is 9.49. The molecule has 1 aliphatic rings. The Morgan fingerprint density at radius 1 is 1.05 bits per heavy atom. The van der Waals surface area contributed by atoms with Gasteiger partial charge in [0.05, 0.1) is 11.1 Å². The molecule has 38 heavy (non-hydrogen) atoms. The number of hydrogen-bond donors (Lipinski definition) is 1. The predicted octanol–water partition coefficient (Wildman–Crippen LogP) is 6.04. The van der Waals surface area contributed by atoms with Gasteiger partial charge in [-0.25, -0.2) is 4.39 Å². The number of halogens is 8. The molecule has 1 N–H and O–H groups in total. The number of rotatable bonds is 7. The Hall–Kier alpha value is -2.37. The number of aliphatic hydroxyl groups is 1. The van der Waals surface area contributed by atoms with Crippen LogP contribution in [-0.2, 0) is 23.7 Å². The van der Waals surface area contributed by atoms with Gasteiger partial charge < -0.3 is 14.9 Å². The molecule has 0 aliphatic carbocycles. The maximum absolute atomic E-state index is 13.7. The van der Waals surface area contributed by atoms with Gasteiger partial charge in [-0.15, -0.1) is 12.4 Å². The molecule has 0 bridgehead atoms. The monoisotopic (exact) mass is 570 g/mol. The number of aryl methyl sites for hydroxylation is 1. The van der Waals surface area contributed by atoms with E-state index in [0.29, 0.717) is 50.2 Å². The van der Waals surface area contributed by atoms with Crippen LogP contribution in [0.2, 0.25) is 0 Å². The number of alkyl halides is 6. The Bertz CT molecular complexity index is 1080. The number of amides is 1. The molecule has 4 nitrogen and oxygen atoms in total. The molecule has 1 aliphatic heterocycles. The highest BCUT2D eigenvalue weighted by atomic mass is 35.5. The summed E-state index contributed by atoms with van der Waals surface area (Å²) in [5.41, 5.74) is -1.76. The average Bonchev–Trinajstić information content (AvgIpc) is 2.81. The Labute approximate surface area is 222 Å². The average molecular weight is 571 g/mol. The van der Waals surface area contributed by atoms with Gasteiger partial charge in [-0.05, 0) is 73.3 Å². The molecular formula is C26H30ClF7N2O2. The van der Waals surface area contributed by atoms with Gasteiger partial charge in [0.2, 0.25) is 5.91 Å². The summed E-state index contributed by atoms with van der Waals surface area (Å²) >= 11 is 0. The number of carbonyl (C=O) groups excluding carboxylic acids is 1. The smallest absolute Gasteiger partial charge is 0.396 e. The molecule has 0 radical (unpaired) electrons. The highest BCUT2D eigenvalue weighted by Gasteiger charge is 2.39. The van der Waals surface area contributed by atoms with Gasteiger partial charge in [0.25, 0.3) is 0 Å². The van der Waals surface area contributed by atoms with Crippen LogP contribution in [0.1, 0.15) is 46.6 Å². The molecule has 1 amide bonds. The van der Waals surface area contributed by atoms with Crippen LogP contribution in [-0.4, -0.2) is 54.1 Å². The first kappa shape index (κ1) is 31.8. The molecule has 1 saturated heterocycles. The van der Waals surface area contributed by atoms with Crippen LogP contribution in [0.15, 0.2) is 36.4 Å². The molecule has 0 aromatic heterocycles. The second kappa shape index (κ2) is 12.7. The topological polar surface area (TPSA) is 43.8 Å². The minimum absolute atomic E-state index is 0. The SMILES string of the molecule is Cc1cc(F)ccc1[C@@H]1CN(CCCO)CC[C@H]1C(=O)N(C)Cc1cc(C(F)(F)F)cc(C(F)(F)F)c1.Cl. The van der Waals surface area contributed by atoms with Gasteiger partial charge in [-0.1, -0.05) is 6.07 Å². The first-order valence-electron chi connectivity index (χ1n) is 11.8. The third-order valence-corrected chi connectivity index (χ3v) is 6.72. The lowest BCUT2D eigenvalue weighted by molar-refractivity contribution is -0.143. The van der Waals surface area contributed by atoms with Crippen molar-refractivity contribution in [1.29, 1.82) is 0 Å². The summed E-state index contributed by atoms with van der Waals surface area (Å²) < 4.78 is 93.3. The number of carbonyl (C=O) groups is 1. The molecular weight excluding hydrogens is 541 g/mol. The number of nitrogens with zero attached hydrogens (tertiary/aromatic N) is 2. The lowest BCUT2D eigenvalue weighted by Crippen LogP contribution is -2.46. The van der Waals surface area contributed by atoms with Crippen molar-refractivity contribution in [3.8, 4) is 0 Å². The molecule has 2 aromatic carbocycles. The maximum Gasteiger partial charge on any atom is 0.416 e. The van der Waals surface area contributed by atoms with E-state index < -0.39 is 47.7 Å². The standard InChI is InChI=1S/C26H29F7N2O2.ClH/c1-16-10-20(27)4-5-21(16)23-15-35(7-3-9-36)8-6-22(23)24(37)34(2)14-17-11-18(25(28,29)30)13-19(12-17)26(31,32)33;/h4-5,10-13,22-23,36H,3,6-9,14-15H2,1-2H3;1H/t22-,23+;/m1./s1. The van der Waals surface area contributed by atoms with Gasteiger partial charge in [0, 0.05) is 45.1 Å². The van der Waals surface area contributed by atoms with Crippen LogP contribution in [0.3, 0.4) is 0 Å². The summed E-state index contributed by atoms with van der Waals surface area (Å²) in [5.74, 6) is -1.82. The van der Waals surface area contributed by atoms with Crippen molar-refractivity contribution >= 4 is 18.3 Å². The highest BCUT2D eigenvalue weighted by Crippen LogP contribution is 2.38. The zero-order valence-corrected chi connectivity index (χ0v) is 21.7. The van der Waals surface area contributed by atoms with Gasteiger partial charge >= 0.3 is 12.4 Å². The number of likely N-dealkylation sites (tertiary alicyclic amines) is 1. The largest absolute Gasteiger partial charge is 0.416 e. The van der Waals surface area contributed by atoms with Gasteiger partial charge in [-0.3, -0.25) is 4.79 Å². The number of aliphatic hydroxyl groups excluding tert-OH is 1. The molecule has 212 valence electrons. The van der Waals surface area contributed by atoms with Crippen LogP contribution in [0.4, 0.5) is 30.7 Å². The van der Waals surface area contributed by atoms with E-state index in [1.807, 2.05) is 0 Å². The van der Waals surface area contributed by atoms with Crippen molar-refractivity contribution in [2.24, 2.45) is 5.92 Å². The number of hydrogen-bond acceptors (Lipinski definition) is 3. The zero-order valence-electron chi connectivity index (χ0n) is 20.9. The minimum Gasteiger partial charge on any atom is -0.396 e. The fourth-order valence-electron chi connectivity index (χ4n) is 4.93. The predicted molar refractivity (Wildman–Crippen MR) is 130 cm³/mol. The molecule has 12 heteroatoms. The molecule has 1 heterocycles. The molecule has 0 spiro atoms. The van der Waals surface area contributed by atoms with E-state index >= 15 is 0 Å². The Morgan fingerprint density at radius 3 is 2.18 bits per heavy atom. The number of piperidine rings is 1. The molecule has 0 unspecified atom stereocenters. The van der Waals surface area contributed by atoms with E-state index in [0.717, 1.165) is 10.5 Å². The summed E-state index contributed by atoms with van der Waals surface area (Å²) in [6.45, 7) is 2.85. The third-order valence-electron chi connectivity index (χ3n) is 6.72. The van der Waals surface area contributed by atoms with Gasteiger partial charge in [0.1, 0.15) is 5.82 Å². The van der Waals surface area contributed by atoms with Crippen LogP contribution in [0.5, 0.6) is 0 Å². The Kier molecular flexibility index (Phi) is 10.6. The van der Waals surface area contributed by atoms with Crippen molar-refractivity contribution in [3.63, 3.8) is 0 Å². The fourth-order valence-corrected chi connectivity index (χ4v) is 4.93. The second-order valence-corrected chi connectivity index (χ2v) is 9.49. The first-order chi connectivity index (χ1) is 17.2. The summed E-state index contributed by atoms with van der Waals surface area (Å²) in [6, 6.07) is 5.56. The van der Waals surface area contributed by atoms with E-state index in [-0.39, 0.29) is 36.6 Å². The van der Waals surface area contributed by atoms with E-state index in [2.05, 4.69) is 4.90 Å². The minimum atomic E-state index is -4.98. The van der Waals surface area contributed by atoms with Crippen molar-refractivity contribution in [2.75, 3.05) is 33.3 Å². The lowest BCUT2D eigenvalue weighted by atomic mass is 9.78. The fraction of sp³-hybridized carbons (Fsp3) is 0.500. The van der Waals surface area contributed by atoms with Gasteiger partial charge in [0.15, 0.2) is 0 Å². The number of benzene rings is 2. The summed E-state index contributed by atoms with van der Waals surface area (Å²) in [7, 11) is 1.35. The molecule has 0 saturated carbocycles. The lowest BCUT2D eigenvalue weighted by Gasteiger charge is -2.40. The quantitative estimate of drug-likeness (QED) is 0.413. The van der Waals surface area contributed by atoms with E-state index in [9.17, 15) is 40.6 Å². The Balaban J connectivity index is 0.00000507. The van der Waals surface area contributed by atoms with Crippen molar-refractivity contribution in [2.45, 2.75) is 44.6 Å². The van der Waals surface area contributed by atoms with Crippen molar-refractivity contribution in [1.82, 2.24) is 9.80 Å². The molecule has 1 fully saturated rings. The highest BCUT2D eigenvalue weighted by molar-refractivity contribution is 5.85. The van der Waals surface area contributed by atoms with Crippen LogP contribution < -0.4 is 0 Å². The maximum atomic E-state index is 13.7.